The van der Waals surface area contributed by atoms with Gasteiger partial charge in [-0.1, -0.05) is 18.2 Å². The average Bonchev–Trinajstić information content (AvgIpc) is 3.03. The number of nitro groups is 1. The lowest BCUT2D eigenvalue weighted by molar-refractivity contribution is -0.385. The fourth-order valence-corrected chi connectivity index (χ4v) is 2.42. The minimum Gasteiger partial charge on any atom is -0.399 e. The number of aromatic nitrogens is 2. The van der Waals surface area contributed by atoms with Gasteiger partial charge in [0.1, 0.15) is 0 Å². The molecule has 24 heavy (non-hydrogen) atoms. The van der Waals surface area contributed by atoms with E-state index in [0.717, 1.165) is 0 Å². The van der Waals surface area contributed by atoms with Gasteiger partial charge < -0.3 is 10.3 Å². The summed E-state index contributed by atoms with van der Waals surface area (Å²) >= 11 is 0. The Morgan fingerprint density at radius 2 is 1.88 bits per heavy atom. The van der Waals surface area contributed by atoms with Gasteiger partial charge in [-0.2, -0.15) is 0 Å². The fraction of sp³-hybridized carbons (Fsp3) is 0.0588. The quantitative estimate of drug-likeness (QED) is 0.336. The van der Waals surface area contributed by atoms with E-state index in [2.05, 4.69) is 4.98 Å². The van der Waals surface area contributed by atoms with E-state index in [4.69, 9.17) is 5.73 Å². The van der Waals surface area contributed by atoms with Gasteiger partial charge in [-0.25, -0.2) is 4.98 Å². The molecule has 0 unspecified atom stereocenters. The van der Waals surface area contributed by atoms with Crippen LogP contribution in [0.4, 0.5) is 11.4 Å². The second-order valence-electron chi connectivity index (χ2n) is 5.22. The molecule has 0 aliphatic heterocycles. The van der Waals surface area contributed by atoms with E-state index >= 15 is 0 Å². The summed E-state index contributed by atoms with van der Waals surface area (Å²) in [7, 11) is 0. The zero-order valence-corrected chi connectivity index (χ0v) is 12.6. The number of carbonyl (C=O) groups excluding carboxylic acids is 1. The lowest BCUT2D eigenvalue weighted by Crippen LogP contribution is -2.12. The first-order valence-electron chi connectivity index (χ1n) is 7.20. The van der Waals surface area contributed by atoms with Crippen LogP contribution in [-0.4, -0.2) is 20.3 Å². The van der Waals surface area contributed by atoms with E-state index in [0.29, 0.717) is 16.8 Å². The van der Waals surface area contributed by atoms with Gasteiger partial charge in [0.2, 0.25) is 5.78 Å². The van der Waals surface area contributed by atoms with Gasteiger partial charge in [-0.05, 0) is 24.3 Å². The van der Waals surface area contributed by atoms with Crippen LogP contribution in [0.3, 0.4) is 0 Å². The zero-order valence-electron chi connectivity index (χ0n) is 12.6. The number of nitrogens with two attached hydrogens (primary N) is 1. The molecule has 0 aliphatic carbocycles. The van der Waals surface area contributed by atoms with Crippen molar-refractivity contribution in [2.24, 2.45) is 0 Å². The second-order valence-corrected chi connectivity index (χ2v) is 5.22. The van der Waals surface area contributed by atoms with Gasteiger partial charge in [0, 0.05) is 35.3 Å². The van der Waals surface area contributed by atoms with Gasteiger partial charge in [0.05, 0.1) is 11.5 Å². The summed E-state index contributed by atoms with van der Waals surface area (Å²) in [5, 5.41) is 11.1. The van der Waals surface area contributed by atoms with E-state index in [9.17, 15) is 14.9 Å². The topological polar surface area (TPSA) is 104 Å². The highest BCUT2D eigenvalue weighted by Gasteiger charge is 2.18. The predicted molar refractivity (Wildman–Crippen MR) is 88.7 cm³/mol. The molecule has 2 aromatic carbocycles. The molecule has 0 fully saturated rings. The number of nitrogens with zero attached hydrogens (tertiary/aromatic N) is 3. The molecular formula is C17H14N4O3. The number of imidazole rings is 1. The molecule has 120 valence electrons. The van der Waals surface area contributed by atoms with Crippen LogP contribution >= 0.6 is 0 Å². The number of para-hydroxylation sites is 1. The molecule has 0 aliphatic rings. The van der Waals surface area contributed by atoms with Crippen molar-refractivity contribution in [3.05, 3.63) is 88.0 Å². The van der Waals surface area contributed by atoms with Crippen molar-refractivity contribution >= 4 is 17.2 Å². The summed E-state index contributed by atoms with van der Waals surface area (Å²) in [4.78, 5) is 27.4. The number of nitrogen functional groups attached to an aromatic ring is 1. The highest BCUT2D eigenvalue weighted by molar-refractivity contribution is 6.06. The number of nitro benzene ring substituents is 1. The Morgan fingerprint density at radius 1 is 1.17 bits per heavy atom. The average molecular weight is 322 g/mol. The third-order valence-electron chi connectivity index (χ3n) is 3.62. The fourth-order valence-electron chi connectivity index (χ4n) is 2.42. The summed E-state index contributed by atoms with van der Waals surface area (Å²) in [5.41, 5.74) is 7.17. The van der Waals surface area contributed by atoms with Gasteiger partial charge in [-0.15, -0.1) is 0 Å². The number of anilines is 1. The number of rotatable bonds is 5. The van der Waals surface area contributed by atoms with Crippen LogP contribution in [0.1, 0.15) is 21.7 Å². The molecular weight excluding hydrogens is 308 g/mol. The first kappa shape index (κ1) is 15.4. The molecule has 0 atom stereocenters. The first-order chi connectivity index (χ1) is 11.6. The molecule has 1 heterocycles. The Morgan fingerprint density at radius 3 is 2.58 bits per heavy atom. The van der Waals surface area contributed by atoms with Gasteiger partial charge >= 0.3 is 0 Å². The van der Waals surface area contributed by atoms with E-state index in [1.807, 2.05) is 0 Å². The SMILES string of the molecule is Nc1ccc(C(=O)c2nccn2Cc2ccccc2[N+](=O)[O-])cc1. The molecule has 0 spiro atoms. The lowest BCUT2D eigenvalue weighted by Gasteiger charge is -2.08. The molecule has 0 radical (unpaired) electrons. The Bertz CT molecular complexity index is 900. The van der Waals surface area contributed by atoms with Crippen molar-refractivity contribution in [2.75, 3.05) is 5.73 Å². The number of ketones is 1. The highest BCUT2D eigenvalue weighted by atomic mass is 16.6. The Labute approximate surface area is 137 Å². The Balaban J connectivity index is 1.93. The largest absolute Gasteiger partial charge is 0.399 e. The lowest BCUT2D eigenvalue weighted by atomic mass is 10.1. The van der Waals surface area contributed by atoms with Crippen molar-refractivity contribution in [1.29, 1.82) is 0 Å². The van der Waals surface area contributed by atoms with Crippen molar-refractivity contribution in [3.8, 4) is 0 Å². The molecule has 1 aromatic heterocycles. The van der Waals surface area contributed by atoms with Gasteiger partial charge in [0.15, 0.2) is 5.82 Å². The number of carbonyl (C=O) groups is 1. The van der Waals surface area contributed by atoms with Gasteiger partial charge in [-0.3, -0.25) is 14.9 Å². The predicted octanol–water partition coefficient (Wildman–Crippen LogP) is 2.65. The maximum atomic E-state index is 12.6. The Hall–Kier alpha value is -3.48. The third kappa shape index (κ3) is 3.00. The van der Waals surface area contributed by atoms with Crippen LogP contribution in [0.15, 0.2) is 60.9 Å². The summed E-state index contributed by atoms with van der Waals surface area (Å²) < 4.78 is 1.60. The number of hydrogen-bond acceptors (Lipinski definition) is 5. The molecule has 0 amide bonds. The van der Waals surface area contributed by atoms with Crippen LogP contribution in [0, 0.1) is 10.1 Å². The molecule has 7 nitrogen and oxygen atoms in total. The molecule has 0 saturated carbocycles. The van der Waals surface area contributed by atoms with Crippen LogP contribution in [0.5, 0.6) is 0 Å². The van der Waals surface area contributed by atoms with Crippen LogP contribution in [-0.2, 0) is 6.54 Å². The van der Waals surface area contributed by atoms with Crippen LogP contribution < -0.4 is 5.73 Å². The van der Waals surface area contributed by atoms with Gasteiger partial charge in [0.25, 0.3) is 5.69 Å². The summed E-state index contributed by atoms with van der Waals surface area (Å²) in [6.45, 7) is 0.188. The number of benzene rings is 2. The van der Waals surface area contributed by atoms with Crippen molar-refractivity contribution in [2.45, 2.75) is 6.54 Å². The van der Waals surface area contributed by atoms with Crippen molar-refractivity contribution < 1.29 is 9.72 Å². The van der Waals surface area contributed by atoms with E-state index in [-0.39, 0.29) is 23.8 Å². The summed E-state index contributed by atoms with van der Waals surface area (Å²) in [6, 6.07) is 13.0. The van der Waals surface area contributed by atoms with Crippen LogP contribution in [0.25, 0.3) is 0 Å². The molecule has 3 rings (SSSR count). The minimum absolute atomic E-state index is 0.0112. The Kier molecular flexibility index (Phi) is 4.07. The molecule has 0 bridgehead atoms. The summed E-state index contributed by atoms with van der Waals surface area (Å²) in [6.07, 6.45) is 3.13. The molecule has 2 N–H and O–H groups in total. The van der Waals surface area contributed by atoms with Crippen molar-refractivity contribution in [1.82, 2.24) is 9.55 Å². The molecule has 3 aromatic rings. The minimum atomic E-state index is -0.437. The van der Waals surface area contributed by atoms with E-state index in [1.165, 1.54) is 12.3 Å². The molecule has 7 heteroatoms. The summed E-state index contributed by atoms with van der Waals surface area (Å²) in [5.74, 6) is -0.0449. The smallest absolute Gasteiger partial charge is 0.274 e. The van der Waals surface area contributed by atoms with E-state index < -0.39 is 4.92 Å². The third-order valence-corrected chi connectivity index (χ3v) is 3.62. The van der Waals surface area contributed by atoms with Crippen LogP contribution in [0.2, 0.25) is 0 Å². The second kappa shape index (κ2) is 6.33. The highest BCUT2D eigenvalue weighted by Crippen LogP contribution is 2.20. The standard InChI is InChI=1S/C17H14N4O3/c18-14-7-5-12(6-8-14)16(22)17-19-9-10-20(17)11-13-3-1-2-4-15(13)21(23)24/h1-10H,11,18H2. The monoisotopic (exact) mass is 322 g/mol. The maximum absolute atomic E-state index is 12.6. The molecule has 0 saturated heterocycles. The first-order valence-corrected chi connectivity index (χ1v) is 7.20. The zero-order chi connectivity index (χ0) is 17.1. The van der Waals surface area contributed by atoms with Crippen molar-refractivity contribution in [3.63, 3.8) is 0 Å². The number of hydrogen-bond donors (Lipinski definition) is 1. The van der Waals surface area contributed by atoms with E-state index in [1.54, 1.807) is 53.2 Å². The normalized spacial score (nSPS) is 10.5. The maximum Gasteiger partial charge on any atom is 0.274 e.